The Kier molecular flexibility index (Phi) is 5.30. The third-order valence-corrected chi connectivity index (χ3v) is 5.23. The van der Waals surface area contributed by atoms with Gasteiger partial charge in [0, 0.05) is 42.3 Å². The third kappa shape index (κ3) is 4.14. The minimum Gasteiger partial charge on any atom is -0.315 e. The summed E-state index contributed by atoms with van der Waals surface area (Å²) in [5.41, 5.74) is 0. The van der Waals surface area contributed by atoms with Crippen LogP contribution >= 0.6 is 11.3 Å². The number of aryl methyl sites for hydroxylation is 1. The monoisotopic (exact) mass is 314 g/mol. The van der Waals surface area contributed by atoms with Crippen molar-refractivity contribution in [2.45, 2.75) is 24.4 Å². The molecule has 110 valence electrons. The van der Waals surface area contributed by atoms with Crippen molar-refractivity contribution in [2.75, 3.05) is 13.6 Å². The van der Waals surface area contributed by atoms with Crippen LogP contribution in [0.25, 0.3) is 0 Å². The van der Waals surface area contributed by atoms with Gasteiger partial charge in [0.25, 0.3) is 0 Å². The molecule has 0 aliphatic rings. The molecule has 0 saturated heterocycles. The average Bonchev–Trinajstić information content (AvgIpc) is 3.06. The second-order valence-electron chi connectivity index (χ2n) is 4.30. The molecule has 0 fully saturated rings. The van der Waals surface area contributed by atoms with E-state index >= 15 is 0 Å². The van der Waals surface area contributed by atoms with Gasteiger partial charge in [-0.2, -0.15) is 5.10 Å². The molecule has 2 heterocycles. The minimum absolute atomic E-state index is 0.340. The van der Waals surface area contributed by atoms with E-state index in [1.807, 2.05) is 19.3 Å². The van der Waals surface area contributed by atoms with Gasteiger partial charge in [-0.05, 0) is 25.6 Å². The Balaban J connectivity index is 1.83. The highest BCUT2D eigenvalue weighted by molar-refractivity contribution is 7.89. The lowest BCUT2D eigenvalue weighted by atomic mass is 10.4. The van der Waals surface area contributed by atoms with Crippen molar-refractivity contribution in [3.05, 3.63) is 34.8 Å². The standard InChI is InChI=1S/C12H18N4O2S2/c1-13-9-11-8-12(10-19-11)20(17,18)15-5-3-7-16-6-2-4-14-16/h2,4,6,8,10,13,15H,3,5,7,9H2,1H3. The Morgan fingerprint density at radius 1 is 1.45 bits per heavy atom. The van der Waals surface area contributed by atoms with E-state index in [1.54, 1.807) is 22.3 Å². The van der Waals surface area contributed by atoms with Crippen molar-refractivity contribution in [1.29, 1.82) is 0 Å². The number of hydrogen-bond donors (Lipinski definition) is 2. The lowest BCUT2D eigenvalue weighted by molar-refractivity contribution is 0.553. The highest BCUT2D eigenvalue weighted by Crippen LogP contribution is 2.18. The zero-order valence-corrected chi connectivity index (χ0v) is 12.9. The maximum absolute atomic E-state index is 12.1. The first kappa shape index (κ1) is 15.2. The summed E-state index contributed by atoms with van der Waals surface area (Å²) in [6.45, 7) is 1.78. The summed E-state index contributed by atoms with van der Waals surface area (Å²) in [4.78, 5) is 1.34. The van der Waals surface area contributed by atoms with E-state index in [1.165, 1.54) is 11.3 Å². The molecule has 0 unspecified atom stereocenters. The molecule has 0 saturated carbocycles. The van der Waals surface area contributed by atoms with Crippen molar-refractivity contribution in [3.8, 4) is 0 Å². The molecule has 0 amide bonds. The van der Waals surface area contributed by atoms with Crippen LogP contribution in [-0.2, 0) is 23.1 Å². The molecule has 6 nitrogen and oxygen atoms in total. The van der Waals surface area contributed by atoms with Crippen LogP contribution in [0.3, 0.4) is 0 Å². The molecule has 0 aliphatic carbocycles. The van der Waals surface area contributed by atoms with Gasteiger partial charge in [-0.3, -0.25) is 4.68 Å². The quantitative estimate of drug-likeness (QED) is 0.714. The zero-order valence-electron chi connectivity index (χ0n) is 11.2. The Bertz CT molecular complexity index is 620. The first-order valence-electron chi connectivity index (χ1n) is 6.31. The molecule has 8 heteroatoms. The normalized spacial score (nSPS) is 11.8. The Morgan fingerprint density at radius 3 is 3.00 bits per heavy atom. The minimum atomic E-state index is -3.40. The van der Waals surface area contributed by atoms with Gasteiger partial charge < -0.3 is 5.32 Å². The molecule has 0 aliphatic heterocycles. The van der Waals surface area contributed by atoms with Gasteiger partial charge in [0.15, 0.2) is 0 Å². The van der Waals surface area contributed by atoms with Crippen LogP contribution in [0.15, 0.2) is 34.8 Å². The van der Waals surface area contributed by atoms with Crippen LogP contribution in [0.1, 0.15) is 11.3 Å². The van der Waals surface area contributed by atoms with Crippen LogP contribution in [0.2, 0.25) is 0 Å². The summed E-state index contributed by atoms with van der Waals surface area (Å²) in [5.74, 6) is 0. The fourth-order valence-electron chi connectivity index (χ4n) is 1.73. The third-order valence-electron chi connectivity index (χ3n) is 2.71. The number of rotatable bonds is 8. The topological polar surface area (TPSA) is 76.0 Å². The lowest BCUT2D eigenvalue weighted by Gasteiger charge is -2.05. The Labute approximate surface area is 122 Å². The summed E-state index contributed by atoms with van der Waals surface area (Å²) >= 11 is 1.44. The van der Waals surface area contributed by atoms with Crippen LogP contribution in [0, 0.1) is 0 Å². The van der Waals surface area contributed by atoms with Crippen molar-refractivity contribution in [2.24, 2.45) is 0 Å². The second kappa shape index (κ2) is 6.98. The Morgan fingerprint density at radius 2 is 2.30 bits per heavy atom. The largest absolute Gasteiger partial charge is 0.315 e. The maximum atomic E-state index is 12.1. The van der Waals surface area contributed by atoms with E-state index in [-0.39, 0.29) is 0 Å². The number of hydrogen-bond acceptors (Lipinski definition) is 5. The molecule has 2 aromatic rings. The van der Waals surface area contributed by atoms with E-state index in [4.69, 9.17) is 0 Å². The lowest BCUT2D eigenvalue weighted by Crippen LogP contribution is -2.25. The van der Waals surface area contributed by atoms with Gasteiger partial charge in [0.1, 0.15) is 0 Å². The summed E-state index contributed by atoms with van der Waals surface area (Å²) in [6, 6.07) is 3.55. The van der Waals surface area contributed by atoms with Crippen molar-refractivity contribution in [3.63, 3.8) is 0 Å². The zero-order chi connectivity index (χ0) is 14.4. The fraction of sp³-hybridized carbons (Fsp3) is 0.417. The highest BCUT2D eigenvalue weighted by Gasteiger charge is 2.15. The number of nitrogens with one attached hydrogen (secondary N) is 2. The van der Waals surface area contributed by atoms with Crippen LogP contribution in [0.5, 0.6) is 0 Å². The number of nitrogens with zero attached hydrogens (tertiary/aromatic N) is 2. The summed E-state index contributed by atoms with van der Waals surface area (Å²) < 4.78 is 28.5. The first-order chi connectivity index (χ1) is 9.62. The fourth-order valence-corrected chi connectivity index (χ4v) is 4.09. The first-order valence-corrected chi connectivity index (χ1v) is 8.67. The van der Waals surface area contributed by atoms with Gasteiger partial charge in [0.05, 0.1) is 4.90 Å². The molecule has 20 heavy (non-hydrogen) atoms. The van der Waals surface area contributed by atoms with E-state index in [0.717, 1.165) is 4.88 Å². The molecule has 2 N–H and O–H groups in total. The number of thiophene rings is 1. The molecule has 0 aromatic carbocycles. The molecular formula is C12H18N4O2S2. The second-order valence-corrected chi connectivity index (χ2v) is 7.06. The van der Waals surface area contributed by atoms with Gasteiger partial charge in [-0.15, -0.1) is 11.3 Å². The predicted molar refractivity (Wildman–Crippen MR) is 79.1 cm³/mol. The van der Waals surface area contributed by atoms with Crippen LogP contribution < -0.4 is 10.0 Å². The number of aromatic nitrogens is 2. The van der Waals surface area contributed by atoms with Crippen LogP contribution in [-0.4, -0.2) is 31.8 Å². The van der Waals surface area contributed by atoms with Gasteiger partial charge in [0.2, 0.25) is 10.0 Å². The molecule has 2 rings (SSSR count). The highest BCUT2D eigenvalue weighted by atomic mass is 32.2. The van der Waals surface area contributed by atoms with Gasteiger partial charge >= 0.3 is 0 Å². The van der Waals surface area contributed by atoms with E-state index in [9.17, 15) is 8.42 Å². The molecule has 0 atom stereocenters. The molecule has 0 bridgehead atoms. The van der Waals surface area contributed by atoms with Crippen molar-refractivity contribution in [1.82, 2.24) is 19.8 Å². The van der Waals surface area contributed by atoms with Crippen molar-refractivity contribution < 1.29 is 8.42 Å². The summed E-state index contributed by atoms with van der Waals surface area (Å²) in [6.07, 6.45) is 4.27. The number of sulfonamides is 1. The van der Waals surface area contributed by atoms with E-state index in [0.29, 0.717) is 31.0 Å². The smallest absolute Gasteiger partial charge is 0.241 e. The predicted octanol–water partition coefficient (Wildman–Crippen LogP) is 1.03. The summed E-state index contributed by atoms with van der Waals surface area (Å²) in [7, 11) is -1.56. The van der Waals surface area contributed by atoms with E-state index < -0.39 is 10.0 Å². The van der Waals surface area contributed by atoms with Gasteiger partial charge in [-0.25, -0.2) is 13.1 Å². The Hall–Kier alpha value is -1.22. The molecule has 0 radical (unpaired) electrons. The van der Waals surface area contributed by atoms with Crippen molar-refractivity contribution >= 4 is 21.4 Å². The van der Waals surface area contributed by atoms with Crippen LogP contribution in [0.4, 0.5) is 0 Å². The maximum Gasteiger partial charge on any atom is 0.241 e. The summed E-state index contributed by atoms with van der Waals surface area (Å²) in [5, 5.41) is 8.74. The average molecular weight is 314 g/mol. The van der Waals surface area contributed by atoms with Gasteiger partial charge in [-0.1, -0.05) is 0 Å². The SMILES string of the molecule is CNCc1cc(S(=O)(=O)NCCCn2cccn2)cs1. The molecular weight excluding hydrogens is 296 g/mol. The molecule has 0 spiro atoms. The van der Waals surface area contributed by atoms with E-state index in [2.05, 4.69) is 15.1 Å². The molecule has 2 aromatic heterocycles.